The first kappa shape index (κ1) is 20.1. The van der Waals surface area contributed by atoms with E-state index in [4.69, 9.17) is 4.74 Å². The van der Waals surface area contributed by atoms with Gasteiger partial charge in [0.15, 0.2) is 0 Å². The van der Waals surface area contributed by atoms with Gasteiger partial charge >= 0.3 is 0 Å². The summed E-state index contributed by atoms with van der Waals surface area (Å²) in [5.74, 6) is -0.262. The van der Waals surface area contributed by atoms with E-state index in [-0.39, 0.29) is 17.3 Å². The summed E-state index contributed by atoms with van der Waals surface area (Å²) in [7, 11) is 1.25. The third kappa shape index (κ3) is 4.69. The molecule has 1 N–H and O–H groups in total. The van der Waals surface area contributed by atoms with Crippen molar-refractivity contribution in [1.29, 1.82) is 0 Å². The Morgan fingerprint density at radius 2 is 2.12 bits per heavy atom. The number of rotatable bonds is 8. The van der Waals surface area contributed by atoms with E-state index in [0.717, 1.165) is 11.3 Å². The first-order valence-corrected chi connectivity index (χ1v) is 9.56. The molecule has 0 radical (unpaired) electrons. The molecule has 142 valence electrons. The highest BCUT2D eigenvalue weighted by Gasteiger charge is 2.18. The maximum Gasteiger partial charge on any atom is 0.253 e. The van der Waals surface area contributed by atoms with Gasteiger partial charge in [-0.05, 0) is 25.1 Å². The van der Waals surface area contributed by atoms with E-state index in [1.165, 1.54) is 17.0 Å². The monoisotopic (exact) mass is 380 g/mol. The Hall–Kier alpha value is -2.23. The van der Waals surface area contributed by atoms with Gasteiger partial charge in [-0.1, -0.05) is 6.07 Å². The molecule has 1 amide bonds. The Labute approximate surface area is 153 Å². The van der Waals surface area contributed by atoms with Crippen LogP contribution in [0.4, 0.5) is 0 Å². The third-order valence-corrected chi connectivity index (χ3v) is 5.56. The molecule has 2 aromatic rings. The SMILES string of the molecule is COCCN(C)C(=O)c1cccc(S(=O)(=O)NCc2cnn(C)c2C)c1. The highest BCUT2D eigenvalue weighted by molar-refractivity contribution is 7.89. The van der Waals surface area contributed by atoms with Gasteiger partial charge in [0.25, 0.3) is 5.91 Å². The molecule has 1 aromatic heterocycles. The fourth-order valence-electron chi connectivity index (χ4n) is 2.32. The molecular weight excluding hydrogens is 356 g/mol. The summed E-state index contributed by atoms with van der Waals surface area (Å²) in [6.07, 6.45) is 1.63. The van der Waals surface area contributed by atoms with Crippen molar-refractivity contribution in [2.75, 3.05) is 27.3 Å². The highest BCUT2D eigenvalue weighted by Crippen LogP contribution is 2.14. The van der Waals surface area contributed by atoms with Gasteiger partial charge in [0.2, 0.25) is 10.0 Å². The van der Waals surface area contributed by atoms with Crippen LogP contribution in [0.3, 0.4) is 0 Å². The molecule has 0 aliphatic rings. The van der Waals surface area contributed by atoms with E-state index in [9.17, 15) is 13.2 Å². The molecule has 0 bridgehead atoms. The lowest BCUT2D eigenvalue weighted by Crippen LogP contribution is -2.30. The number of ether oxygens (including phenoxy) is 1. The predicted molar refractivity (Wildman–Crippen MR) is 97.2 cm³/mol. The zero-order chi connectivity index (χ0) is 19.3. The second-order valence-electron chi connectivity index (χ2n) is 5.95. The van der Waals surface area contributed by atoms with Gasteiger partial charge < -0.3 is 9.64 Å². The molecular formula is C17H24N4O4S. The van der Waals surface area contributed by atoms with Gasteiger partial charge in [-0.2, -0.15) is 5.10 Å². The first-order valence-electron chi connectivity index (χ1n) is 8.08. The van der Waals surface area contributed by atoms with Crippen molar-refractivity contribution in [1.82, 2.24) is 19.4 Å². The first-order chi connectivity index (χ1) is 12.3. The van der Waals surface area contributed by atoms with Crippen LogP contribution >= 0.6 is 0 Å². The smallest absolute Gasteiger partial charge is 0.253 e. The van der Waals surface area contributed by atoms with Crippen LogP contribution in [0, 0.1) is 6.92 Å². The van der Waals surface area contributed by atoms with Gasteiger partial charge in [0.1, 0.15) is 0 Å². The summed E-state index contributed by atoms with van der Waals surface area (Å²) in [5, 5.41) is 4.09. The van der Waals surface area contributed by atoms with Gasteiger partial charge in [-0.25, -0.2) is 13.1 Å². The Kier molecular flexibility index (Phi) is 6.52. The molecule has 0 aliphatic carbocycles. The molecule has 1 aromatic carbocycles. The standard InChI is InChI=1S/C17H24N4O4S/c1-13-15(11-18-21(13)3)12-19-26(23,24)16-7-5-6-14(10-16)17(22)20(2)8-9-25-4/h5-7,10-11,19H,8-9,12H2,1-4H3. The number of hydrogen-bond donors (Lipinski definition) is 1. The largest absolute Gasteiger partial charge is 0.383 e. The lowest BCUT2D eigenvalue weighted by molar-refractivity contribution is 0.0744. The van der Waals surface area contributed by atoms with E-state index >= 15 is 0 Å². The lowest BCUT2D eigenvalue weighted by Gasteiger charge is -2.17. The number of aromatic nitrogens is 2. The Morgan fingerprint density at radius 1 is 1.38 bits per heavy atom. The highest BCUT2D eigenvalue weighted by atomic mass is 32.2. The maximum absolute atomic E-state index is 12.6. The zero-order valence-corrected chi connectivity index (χ0v) is 16.2. The van der Waals surface area contributed by atoms with Crippen molar-refractivity contribution in [3.8, 4) is 0 Å². The number of aryl methyl sites for hydroxylation is 1. The van der Waals surface area contributed by atoms with Gasteiger partial charge in [0, 0.05) is 51.1 Å². The third-order valence-electron chi connectivity index (χ3n) is 4.16. The van der Waals surface area contributed by atoms with E-state index in [1.54, 1.807) is 44.2 Å². The van der Waals surface area contributed by atoms with Crippen molar-refractivity contribution in [2.45, 2.75) is 18.4 Å². The van der Waals surface area contributed by atoms with Crippen LogP contribution in [-0.4, -0.2) is 56.3 Å². The van der Waals surface area contributed by atoms with Crippen LogP contribution in [0.25, 0.3) is 0 Å². The van der Waals surface area contributed by atoms with Crippen molar-refractivity contribution in [3.63, 3.8) is 0 Å². The normalized spacial score (nSPS) is 11.5. The number of benzene rings is 1. The van der Waals surface area contributed by atoms with E-state index in [2.05, 4.69) is 9.82 Å². The zero-order valence-electron chi connectivity index (χ0n) is 15.4. The fourth-order valence-corrected chi connectivity index (χ4v) is 3.37. The molecule has 0 aliphatic heterocycles. The number of methoxy groups -OCH3 is 1. The fraction of sp³-hybridized carbons (Fsp3) is 0.412. The number of nitrogens with one attached hydrogen (secondary N) is 1. The summed E-state index contributed by atoms with van der Waals surface area (Å²) in [6, 6.07) is 5.99. The minimum atomic E-state index is -3.75. The van der Waals surface area contributed by atoms with Gasteiger partial charge in [-0.15, -0.1) is 0 Å². The minimum absolute atomic E-state index is 0.0463. The number of amides is 1. The molecule has 8 nitrogen and oxygen atoms in total. The average Bonchev–Trinajstić information content (AvgIpc) is 2.96. The molecule has 26 heavy (non-hydrogen) atoms. The van der Waals surface area contributed by atoms with E-state index in [0.29, 0.717) is 18.7 Å². The molecule has 0 fully saturated rings. The van der Waals surface area contributed by atoms with Gasteiger partial charge in [0.05, 0.1) is 17.7 Å². The molecule has 0 saturated heterocycles. The number of nitrogens with zero attached hydrogens (tertiary/aromatic N) is 3. The summed E-state index contributed by atoms with van der Waals surface area (Å²) in [6.45, 7) is 2.83. The number of likely N-dealkylation sites (N-methyl/N-ethyl adjacent to an activating group) is 1. The summed E-state index contributed by atoms with van der Waals surface area (Å²) in [4.78, 5) is 13.9. The molecule has 0 atom stereocenters. The van der Waals surface area contributed by atoms with Crippen molar-refractivity contribution in [2.24, 2.45) is 7.05 Å². The van der Waals surface area contributed by atoms with E-state index in [1.807, 2.05) is 6.92 Å². The maximum atomic E-state index is 12.6. The Morgan fingerprint density at radius 3 is 2.73 bits per heavy atom. The molecule has 1 heterocycles. The van der Waals surface area contributed by atoms with Crippen LogP contribution in [0.5, 0.6) is 0 Å². The second-order valence-corrected chi connectivity index (χ2v) is 7.72. The topological polar surface area (TPSA) is 93.5 Å². The Bertz CT molecular complexity index is 877. The van der Waals surface area contributed by atoms with E-state index < -0.39 is 10.0 Å². The van der Waals surface area contributed by atoms with Crippen molar-refractivity contribution < 1.29 is 17.9 Å². The summed E-state index contributed by atoms with van der Waals surface area (Å²) in [5.41, 5.74) is 1.99. The van der Waals surface area contributed by atoms with Crippen LogP contribution < -0.4 is 4.72 Å². The van der Waals surface area contributed by atoms with Crippen molar-refractivity contribution >= 4 is 15.9 Å². The number of sulfonamides is 1. The molecule has 2 rings (SSSR count). The summed E-state index contributed by atoms with van der Waals surface area (Å²) < 4.78 is 34.3. The molecule has 0 saturated carbocycles. The molecule has 0 unspecified atom stereocenters. The minimum Gasteiger partial charge on any atom is -0.383 e. The number of carbonyl (C=O) groups excluding carboxylic acids is 1. The summed E-state index contributed by atoms with van der Waals surface area (Å²) >= 11 is 0. The van der Waals surface area contributed by atoms with Crippen LogP contribution in [-0.2, 0) is 28.4 Å². The molecule has 0 spiro atoms. The lowest BCUT2D eigenvalue weighted by atomic mass is 10.2. The second kappa shape index (κ2) is 8.43. The van der Waals surface area contributed by atoms with Crippen LogP contribution in [0.2, 0.25) is 0 Å². The number of carbonyl (C=O) groups is 1. The van der Waals surface area contributed by atoms with Crippen LogP contribution in [0.15, 0.2) is 35.4 Å². The average molecular weight is 380 g/mol. The predicted octanol–water partition coefficient (Wildman–Crippen LogP) is 0.925. The quantitative estimate of drug-likeness (QED) is 0.735. The van der Waals surface area contributed by atoms with Crippen molar-refractivity contribution in [3.05, 3.63) is 47.3 Å². The van der Waals surface area contributed by atoms with Crippen LogP contribution in [0.1, 0.15) is 21.6 Å². The number of hydrogen-bond acceptors (Lipinski definition) is 5. The Balaban J connectivity index is 2.14. The van der Waals surface area contributed by atoms with Gasteiger partial charge in [-0.3, -0.25) is 9.48 Å². The molecule has 9 heteroatoms.